The minimum atomic E-state index is -4.34. The SMILES string of the molecule is CN1CCN(C(=O)CCO/N=C/c2ccn3c(-c4cccc(CC(=O)CCC(F)(F)F)c4)cnc3c2)CC1. The zero-order valence-corrected chi connectivity index (χ0v) is 21.2. The van der Waals surface area contributed by atoms with Crippen molar-refractivity contribution in [1.29, 1.82) is 0 Å². The van der Waals surface area contributed by atoms with Crippen molar-refractivity contribution in [2.45, 2.75) is 31.9 Å². The maximum absolute atomic E-state index is 12.4. The van der Waals surface area contributed by atoms with Crippen LogP contribution in [0.1, 0.15) is 30.4 Å². The number of amides is 1. The Kier molecular flexibility index (Phi) is 8.77. The van der Waals surface area contributed by atoms with Gasteiger partial charge in [-0.3, -0.25) is 14.0 Å². The summed E-state index contributed by atoms with van der Waals surface area (Å²) in [6.45, 7) is 3.41. The van der Waals surface area contributed by atoms with Gasteiger partial charge in [0.25, 0.3) is 0 Å². The van der Waals surface area contributed by atoms with Gasteiger partial charge in [0, 0.05) is 56.3 Å². The predicted molar refractivity (Wildman–Crippen MR) is 137 cm³/mol. The number of halogens is 3. The Hall–Kier alpha value is -3.73. The maximum atomic E-state index is 12.4. The molecule has 4 rings (SSSR count). The van der Waals surface area contributed by atoms with Crippen LogP contribution in [-0.2, 0) is 20.8 Å². The lowest BCUT2D eigenvalue weighted by atomic mass is 10.0. The standard InChI is InChI=1S/C27H30F3N5O3/c1-33-10-12-34(13-11-33)26(37)7-14-38-32-18-21-6-9-35-24(19-31-25(35)17-21)22-4-2-3-20(15-22)16-23(36)5-8-27(28,29)30/h2-4,6,9,15,17-19H,5,7-8,10-14,16H2,1H3/b32-18+. The van der Waals surface area contributed by atoms with E-state index < -0.39 is 24.8 Å². The summed E-state index contributed by atoms with van der Waals surface area (Å²) in [4.78, 5) is 38.0. The molecule has 0 unspecified atom stereocenters. The van der Waals surface area contributed by atoms with E-state index in [-0.39, 0.29) is 25.4 Å². The number of likely N-dealkylation sites (N-methyl/N-ethyl adjacent to an activating group) is 1. The molecule has 3 heterocycles. The molecule has 2 aromatic heterocycles. The molecule has 38 heavy (non-hydrogen) atoms. The van der Waals surface area contributed by atoms with Crippen molar-refractivity contribution in [3.8, 4) is 11.3 Å². The number of imidazole rings is 1. The third-order valence-corrected chi connectivity index (χ3v) is 6.39. The Morgan fingerprint density at radius 3 is 2.66 bits per heavy atom. The number of pyridine rings is 1. The Morgan fingerprint density at radius 2 is 1.89 bits per heavy atom. The minimum Gasteiger partial charge on any atom is -0.395 e. The molecule has 1 saturated heterocycles. The molecule has 0 saturated carbocycles. The molecule has 0 radical (unpaired) electrons. The highest BCUT2D eigenvalue weighted by molar-refractivity contribution is 5.82. The summed E-state index contributed by atoms with van der Waals surface area (Å²) in [6.07, 6.45) is -0.666. The molecular formula is C27H30F3N5O3. The molecule has 11 heteroatoms. The first-order valence-electron chi connectivity index (χ1n) is 12.4. The third kappa shape index (κ3) is 7.64. The van der Waals surface area contributed by atoms with Crippen LogP contribution in [0.3, 0.4) is 0 Å². The fourth-order valence-corrected chi connectivity index (χ4v) is 4.23. The zero-order valence-electron chi connectivity index (χ0n) is 21.2. The summed E-state index contributed by atoms with van der Waals surface area (Å²) in [5.74, 6) is -0.387. The van der Waals surface area contributed by atoms with E-state index in [0.29, 0.717) is 11.2 Å². The zero-order chi connectivity index (χ0) is 27.1. The van der Waals surface area contributed by atoms with Crippen LogP contribution in [0.15, 0.2) is 53.9 Å². The van der Waals surface area contributed by atoms with Gasteiger partial charge in [-0.1, -0.05) is 23.4 Å². The van der Waals surface area contributed by atoms with Crippen LogP contribution in [0.25, 0.3) is 16.9 Å². The first-order valence-corrected chi connectivity index (χ1v) is 12.4. The summed E-state index contributed by atoms with van der Waals surface area (Å²) in [7, 11) is 2.04. The maximum Gasteiger partial charge on any atom is 0.389 e. The van der Waals surface area contributed by atoms with Crippen LogP contribution in [0.5, 0.6) is 0 Å². The van der Waals surface area contributed by atoms with E-state index in [1.807, 2.05) is 40.7 Å². The molecule has 1 amide bonds. The van der Waals surface area contributed by atoms with E-state index >= 15 is 0 Å². The minimum absolute atomic E-state index is 0.0533. The van der Waals surface area contributed by atoms with Crippen molar-refractivity contribution in [1.82, 2.24) is 19.2 Å². The fourth-order valence-electron chi connectivity index (χ4n) is 4.23. The Labute approximate surface area is 218 Å². The molecule has 1 fully saturated rings. The number of oxime groups is 1. The summed E-state index contributed by atoms with van der Waals surface area (Å²) >= 11 is 0. The summed E-state index contributed by atoms with van der Waals surface area (Å²) in [5.41, 5.74) is 3.67. The van der Waals surface area contributed by atoms with Crippen molar-refractivity contribution < 1.29 is 27.6 Å². The number of hydrogen-bond donors (Lipinski definition) is 0. The molecule has 0 bridgehead atoms. The third-order valence-electron chi connectivity index (χ3n) is 6.39. The van der Waals surface area contributed by atoms with Gasteiger partial charge < -0.3 is 14.6 Å². The van der Waals surface area contributed by atoms with Crippen molar-refractivity contribution in [2.24, 2.45) is 5.16 Å². The molecule has 8 nitrogen and oxygen atoms in total. The van der Waals surface area contributed by atoms with Gasteiger partial charge in [-0.25, -0.2) is 4.98 Å². The predicted octanol–water partition coefficient (Wildman–Crippen LogP) is 3.97. The number of carbonyl (C=O) groups is 2. The smallest absolute Gasteiger partial charge is 0.389 e. The summed E-state index contributed by atoms with van der Waals surface area (Å²) in [6, 6.07) is 10.8. The number of Topliss-reactive ketones (excluding diaryl/α,β-unsaturated/α-hetero) is 1. The lowest BCUT2D eigenvalue weighted by molar-refractivity contribution is -0.143. The van der Waals surface area contributed by atoms with Gasteiger partial charge in [0.1, 0.15) is 18.0 Å². The topological polar surface area (TPSA) is 79.5 Å². The number of nitrogens with zero attached hydrogens (tertiary/aromatic N) is 5. The summed E-state index contributed by atoms with van der Waals surface area (Å²) < 4.78 is 39.1. The molecule has 1 aliphatic heterocycles. The van der Waals surface area contributed by atoms with Crippen LogP contribution in [0.4, 0.5) is 13.2 Å². The number of hydrogen-bond acceptors (Lipinski definition) is 6. The van der Waals surface area contributed by atoms with Crippen molar-refractivity contribution in [3.63, 3.8) is 0 Å². The van der Waals surface area contributed by atoms with Crippen LogP contribution in [-0.4, -0.2) is 83.1 Å². The molecule has 1 aliphatic rings. The van der Waals surface area contributed by atoms with Gasteiger partial charge in [0.05, 0.1) is 30.9 Å². The van der Waals surface area contributed by atoms with E-state index in [0.717, 1.165) is 43.0 Å². The molecule has 0 spiro atoms. The van der Waals surface area contributed by atoms with Crippen LogP contribution < -0.4 is 0 Å². The van der Waals surface area contributed by atoms with Gasteiger partial charge >= 0.3 is 6.18 Å². The number of carbonyl (C=O) groups excluding carboxylic acids is 2. The van der Waals surface area contributed by atoms with Gasteiger partial charge in [0.2, 0.25) is 5.91 Å². The lowest BCUT2D eigenvalue weighted by Gasteiger charge is -2.32. The molecule has 0 N–H and O–H groups in total. The highest BCUT2D eigenvalue weighted by Crippen LogP contribution is 2.24. The average Bonchev–Trinajstić information content (AvgIpc) is 3.31. The van der Waals surface area contributed by atoms with Gasteiger partial charge in [-0.15, -0.1) is 0 Å². The normalized spacial score (nSPS) is 14.9. The Morgan fingerprint density at radius 1 is 1.11 bits per heavy atom. The van der Waals surface area contributed by atoms with Crippen molar-refractivity contribution >= 4 is 23.6 Å². The van der Waals surface area contributed by atoms with Crippen molar-refractivity contribution in [2.75, 3.05) is 39.8 Å². The average molecular weight is 530 g/mol. The highest BCUT2D eigenvalue weighted by atomic mass is 19.4. The number of ketones is 1. The second-order valence-corrected chi connectivity index (χ2v) is 9.36. The number of fused-ring (bicyclic) bond motifs is 1. The van der Waals surface area contributed by atoms with Crippen LogP contribution in [0, 0.1) is 0 Å². The van der Waals surface area contributed by atoms with Crippen LogP contribution >= 0.6 is 0 Å². The highest BCUT2D eigenvalue weighted by Gasteiger charge is 2.27. The molecule has 3 aromatic rings. The lowest BCUT2D eigenvalue weighted by Crippen LogP contribution is -2.47. The van der Waals surface area contributed by atoms with E-state index in [2.05, 4.69) is 15.0 Å². The van der Waals surface area contributed by atoms with E-state index in [9.17, 15) is 22.8 Å². The molecule has 202 valence electrons. The van der Waals surface area contributed by atoms with Crippen molar-refractivity contribution in [3.05, 3.63) is 59.9 Å². The largest absolute Gasteiger partial charge is 0.395 e. The number of aromatic nitrogens is 2. The number of piperazine rings is 1. The number of alkyl halides is 3. The first-order chi connectivity index (χ1) is 18.2. The number of rotatable bonds is 10. The molecule has 1 aromatic carbocycles. The molecular weight excluding hydrogens is 499 g/mol. The van der Waals surface area contributed by atoms with Gasteiger partial charge in [0.15, 0.2) is 0 Å². The van der Waals surface area contributed by atoms with Crippen LogP contribution in [0.2, 0.25) is 0 Å². The second-order valence-electron chi connectivity index (χ2n) is 9.36. The van der Waals surface area contributed by atoms with E-state index in [1.54, 1.807) is 30.6 Å². The Bertz CT molecular complexity index is 1300. The number of benzene rings is 1. The van der Waals surface area contributed by atoms with Gasteiger partial charge in [-0.2, -0.15) is 13.2 Å². The molecule has 0 atom stereocenters. The quantitative estimate of drug-likeness (QED) is 0.226. The van der Waals surface area contributed by atoms with Gasteiger partial charge in [-0.05, 0) is 30.8 Å². The Balaban J connectivity index is 1.32. The molecule has 0 aliphatic carbocycles. The fraction of sp³-hybridized carbons (Fsp3) is 0.407. The van der Waals surface area contributed by atoms with E-state index in [1.165, 1.54) is 0 Å². The van der Waals surface area contributed by atoms with E-state index in [4.69, 9.17) is 4.84 Å². The second kappa shape index (κ2) is 12.2. The first kappa shape index (κ1) is 27.3. The monoisotopic (exact) mass is 529 g/mol. The summed E-state index contributed by atoms with van der Waals surface area (Å²) in [5, 5.41) is 3.97.